The van der Waals surface area contributed by atoms with Crippen LogP contribution < -0.4 is 5.69 Å². The highest BCUT2D eigenvalue weighted by molar-refractivity contribution is 7.99. The highest BCUT2D eigenvalue weighted by Gasteiger charge is 2.22. The summed E-state index contributed by atoms with van der Waals surface area (Å²) in [6, 6.07) is 1.06. The SMILES string of the molecule is C=CCn1c(Sc2ncc(C(=O)OC)cc2[N+](=O)[O-])n[nH]c1=O. The number of H-pyrrole nitrogens is 1. The molecule has 0 aliphatic heterocycles. The second-order valence-electron chi connectivity index (χ2n) is 4.11. The van der Waals surface area contributed by atoms with Gasteiger partial charge in [0.25, 0.3) is 0 Å². The van der Waals surface area contributed by atoms with Crippen LogP contribution in [-0.2, 0) is 11.3 Å². The Morgan fingerprint density at radius 1 is 1.65 bits per heavy atom. The molecule has 1 N–H and O–H groups in total. The number of aromatic amines is 1. The number of carbonyl (C=O) groups is 1. The fourth-order valence-electron chi connectivity index (χ4n) is 1.64. The Hall–Kier alpha value is -2.95. The lowest BCUT2D eigenvalue weighted by Gasteiger charge is -2.04. The molecule has 0 amide bonds. The minimum atomic E-state index is -0.736. The minimum absolute atomic E-state index is 0.00744. The fourth-order valence-corrected chi connectivity index (χ4v) is 2.51. The first-order chi connectivity index (χ1) is 11.0. The maximum atomic E-state index is 11.6. The van der Waals surface area contributed by atoms with E-state index >= 15 is 0 Å². The van der Waals surface area contributed by atoms with Crippen molar-refractivity contribution < 1.29 is 14.5 Å². The molecule has 0 bridgehead atoms. The van der Waals surface area contributed by atoms with Gasteiger partial charge in [0.1, 0.15) is 0 Å². The van der Waals surface area contributed by atoms with E-state index in [0.29, 0.717) is 0 Å². The van der Waals surface area contributed by atoms with Gasteiger partial charge in [0.05, 0.1) is 17.6 Å². The maximum Gasteiger partial charge on any atom is 0.344 e. The van der Waals surface area contributed by atoms with Gasteiger partial charge < -0.3 is 4.74 Å². The van der Waals surface area contributed by atoms with Crippen LogP contribution in [0.25, 0.3) is 0 Å². The quantitative estimate of drug-likeness (QED) is 0.357. The monoisotopic (exact) mass is 337 g/mol. The standard InChI is InChI=1S/C12H11N5O5S/c1-3-4-16-11(19)14-15-12(16)23-9-8(17(20)21)5-7(6-13-9)10(18)22-2/h3,5-6H,1,4H2,2H3,(H,14,19). The number of pyridine rings is 1. The molecule has 0 atom stereocenters. The second-order valence-corrected chi connectivity index (χ2v) is 5.07. The highest BCUT2D eigenvalue weighted by atomic mass is 32.2. The van der Waals surface area contributed by atoms with Crippen LogP contribution in [0.5, 0.6) is 0 Å². The molecule has 2 rings (SSSR count). The lowest BCUT2D eigenvalue weighted by atomic mass is 10.3. The summed E-state index contributed by atoms with van der Waals surface area (Å²) in [4.78, 5) is 37.4. The van der Waals surface area contributed by atoms with Crippen LogP contribution in [0.15, 0.2) is 39.9 Å². The molecule has 0 radical (unpaired) electrons. The molecule has 0 aromatic carbocycles. The number of nitrogens with one attached hydrogen (secondary N) is 1. The number of aromatic nitrogens is 4. The largest absolute Gasteiger partial charge is 0.465 e. The van der Waals surface area contributed by atoms with Gasteiger partial charge in [0, 0.05) is 18.8 Å². The zero-order valence-corrected chi connectivity index (χ0v) is 12.7. The van der Waals surface area contributed by atoms with Crippen molar-refractivity contribution in [2.24, 2.45) is 0 Å². The Kier molecular flexibility index (Phi) is 4.91. The molecule has 2 heterocycles. The number of esters is 1. The number of methoxy groups -OCH3 is 1. The Bertz CT molecular complexity index is 827. The summed E-state index contributed by atoms with van der Waals surface area (Å²) >= 11 is 0.826. The predicted octanol–water partition coefficient (Wildman–Crippen LogP) is 0.998. The average Bonchev–Trinajstić information content (AvgIpc) is 2.88. The highest BCUT2D eigenvalue weighted by Crippen LogP contribution is 2.32. The van der Waals surface area contributed by atoms with E-state index in [0.717, 1.165) is 31.1 Å². The molecular formula is C12H11N5O5S. The summed E-state index contributed by atoms with van der Waals surface area (Å²) < 4.78 is 5.75. The zero-order chi connectivity index (χ0) is 17.0. The van der Waals surface area contributed by atoms with E-state index in [4.69, 9.17) is 0 Å². The number of nitrogens with zero attached hydrogens (tertiary/aromatic N) is 4. The van der Waals surface area contributed by atoms with Gasteiger partial charge in [-0.2, -0.15) is 0 Å². The van der Waals surface area contributed by atoms with Crippen molar-refractivity contribution in [3.8, 4) is 0 Å². The Morgan fingerprint density at radius 3 is 3.00 bits per heavy atom. The molecule has 0 spiro atoms. The van der Waals surface area contributed by atoms with E-state index in [2.05, 4.69) is 26.5 Å². The number of hydrogen-bond acceptors (Lipinski definition) is 8. The summed E-state index contributed by atoms with van der Waals surface area (Å²) in [7, 11) is 1.16. The molecule has 0 unspecified atom stereocenters. The van der Waals surface area contributed by atoms with Crippen molar-refractivity contribution in [1.29, 1.82) is 0 Å². The van der Waals surface area contributed by atoms with E-state index in [9.17, 15) is 19.7 Å². The topological polar surface area (TPSA) is 133 Å². The van der Waals surface area contributed by atoms with Gasteiger partial charge in [-0.05, 0) is 11.8 Å². The van der Waals surface area contributed by atoms with Gasteiger partial charge in [-0.1, -0.05) is 6.08 Å². The number of ether oxygens (including phenoxy) is 1. The fraction of sp³-hybridized carbons (Fsp3) is 0.167. The summed E-state index contributed by atoms with van der Waals surface area (Å²) in [5.74, 6) is -0.736. The van der Waals surface area contributed by atoms with Crippen LogP contribution in [0.3, 0.4) is 0 Å². The van der Waals surface area contributed by atoms with Crippen molar-refractivity contribution in [2.75, 3.05) is 7.11 Å². The van der Waals surface area contributed by atoms with Crippen LogP contribution in [-0.4, -0.2) is 37.8 Å². The van der Waals surface area contributed by atoms with Gasteiger partial charge in [0.15, 0.2) is 10.2 Å². The van der Waals surface area contributed by atoms with Crippen molar-refractivity contribution in [2.45, 2.75) is 16.7 Å². The van der Waals surface area contributed by atoms with E-state index in [1.807, 2.05) is 0 Å². The van der Waals surface area contributed by atoms with Crippen molar-refractivity contribution in [1.82, 2.24) is 19.7 Å². The molecule has 0 aliphatic rings. The molecule has 11 heteroatoms. The smallest absolute Gasteiger partial charge is 0.344 e. The first-order valence-electron chi connectivity index (χ1n) is 6.14. The summed E-state index contributed by atoms with van der Waals surface area (Å²) in [5.41, 5.74) is -0.909. The third kappa shape index (κ3) is 3.45. The normalized spacial score (nSPS) is 10.3. The number of carbonyl (C=O) groups excluding carboxylic acids is 1. The minimum Gasteiger partial charge on any atom is -0.465 e. The number of rotatable bonds is 6. The van der Waals surface area contributed by atoms with Crippen LogP contribution >= 0.6 is 11.8 Å². The van der Waals surface area contributed by atoms with Gasteiger partial charge in [-0.15, -0.1) is 11.7 Å². The predicted molar refractivity (Wildman–Crippen MR) is 79.4 cm³/mol. The lowest BCUT2D eigenvalue weighted by Crippen LogP contribution is -2.16. The lowest BCUT2D eigenvalue weighted by molar-refractivity contribution is -0.388. The second kappa shape index (κ2) is 6.87. The van der Waals surface area contributed by atoms with E-state index < -0.39 is 22.3 Å². The third-order valence-electron chi connectivity index (χ3n) is 2.67. The number of allylic oxidation sites excluding steroid dienone is 1. The molecule has 2 aromatic heterocycles. The molecule has 10 nitrogen and oxygen atoms in total. The van der Waals surface area contributed by atoms with Crippen molar-refractivity contribution in [3.63, 3.8) is 0 Å². The number of nitro groups is 1. The molecule has 23 heavy (non-hydrogen) atoms. The zero-order valence-electron chi connectivity index (χ0n) is 11.9. The molecule has 0 saturated heterocycles. The van der Waals surface area contributed by atoms with E-state index in [1.165, 1.54) is 10.6 Å². The Morgan fingerprint density at radius 2 is 2.39 bits per heavy atom. The van der Waals surface area contributed by atoms with Crippen molar-refractivity contribution >= 4 is 23.4 Å². The van der Waals surface area contributed by atoms with Gasteiger partial charge in [-0.3, -0.25) is 14.7 Å². The van der Waals surface area contributed by atoms with E-state index in [1.54, 1.807) is 0 Å². The molecule has 0 saturated carbocycles. The van der Waals surface area contributed by atoms with Crippen LogP contribution in [0, 0.1) is 10.1 Å². The van der Waals surface area contributed by atoms with Crippen LogP contribution in [0.1, 0.15) is 10.4 Å². The van der Waals surface area contributed by atoms with E-state index in [-0.39, 0.29) is 22.3 Å². The Balaban J connectivity index is 2.44. The summed E-state index contributed by atoms with van der Waals surface area (Å²) in [6.07, 6.45) is 2.65. The van der Waals surface area contributed by atoms with Gasteiger partial charge in [0.2, 0.25) is 0 Å². The molecular weight excluding hydrogens is 326 g/mol. The molecule has 2 aromatic rings. The third-order valence-corrected chi connectivity index (χ3v) is 3.68. The molecule has 0 aliphatic carbocycles. The summed E-state index contributed by atoms with van der Waals surface area (Å²) in [5, 5.41) is 17.4. The van der Waals surface area contributed by atoms with Crippen LogP contribution in [0.2, 0.25) is 0 Å². The molecule has 120 valence electrons. The molecule has 0 fully saturated rings. The van der Waals surface area contributed by atoms with Gasteiger partial charge in [-0.25, -0.2) is 19.7 Å². The maximum absolute atomic E-state index is 11.6. The van der Waals surface area contributed by atoms with Crippen molar-refractivity contribution in [3.05, 3.63) is 51.1 Å². The summed E-state index contributed by atoms with van der Waals surface area (Å²) in [6.45, 7) is 3.71. The van der Waals surface area contributed by atoms with Gasteiger partial charge >= 0.3 is 17.3 Å². The Labute approximate surface area is 133 Å². The average molecular weight is 337 g/mol. The first-order valence-corrected chi connectivity index (χ1v) is 6.96. The first kappa shape index (κ1) is 16.4. The number of hydrogen-bond donors (Lipinski definition) is 1. The van der Waals surface area contributed by atoms with Crippen LogP contribution in [0.4, 0.5) is 5.69 Å².